The van der Waals surface area contributed by atoms with Gasteiger partial charge in [0.2, 0.25) is 17.7 Å². The second kappa shape index (κ2) is 11.9. The summed E-state index contributed by atoms with van der Waals surface area (Å²) in [6.07, 6.45) is -1.52. The molecule has 0 fully saturated rings. The van der Waals surface area contributed by atoms with Gasteiger partial charge in [-0.2, -0.15) is 0 Å². The van der Waals surface area contributed by atoms with Crippen molar-refractivity contribution in [2.75, 3.05) is 6.54 Å². The molecule has 0 aliphatic rings. The third-order valence-electron chi connectivity index (χ3n) is 4.06. The number of carbonyl (C=O) groups excluding carboxylic acids is 3. The normalized spacial score (nSPS) is 16.0. The number of hydrogen-bond acceptors (Lipinski definition) is 7. The van der Waals surface area contributed by atoms with Crippen molar-refractivity contribution in [1.82, 2.24) is 16.0 Å². The zero-order chi connectivity index (χ0) is 22.0. The maximum absolute atomic E-state index is 12.2. The predicted octanol–water partition coefficient (Wildman–Crippen LogP) is -2.61. The summed E-state index contributed by atoms with van der Waals surface area (Å²) in [4.78, 5) is 57.9. The fourth-order valence-corrected chi connectivity index (χ4v) is 2.07. The first-order valence-electron chi connectivity index (χ1n) is 8.66. The lowest BCUT2D eigenvalue weighted by Crippen LogP contribution is -2.55. The largest absolute Gasteiger partial charge is 0.481 e. The smallest absolute Gasteiger partial charge is 0.328 e. The molecule has 28 heavy (non-hydrogen) atoms. The number of amides is 3. The topological polar surface area (TPSA) is 208 Å². The van der Waals surface area contributed by atoms with E-state index in [0.717, 1.165) is 6.92 Å². The van der Waals surface area contributed by atoms with Gasteiger partial charge >= 0.3 is 11.9 Å². The minimum absolute atomic E-state index is 0.201. The summed E-state index contributed by atoms with van der Waals surface area (Å²) in [6, 6.07) is -3.99. The molecule has 12 heteroatoms. The number of carboxylic acid groups (broad SMARTS) is 2. The van der Waals surface area contributed by atoms with Gasteiger partial charge in [0, 0.05) is 0 Å². The molecule has 160 valence electrons. The molecule has 0 aliphatic carbocycles. The molecule has 3 amide bonds. The molecule has 0 saturated carbocycles. The van der Waals surface area contributed by atoms with Gasteiger partial charge in [-0.05, 0) is 12.8 Å². The maximum atomic E-state index is 12.2. The van der Waals surface area contributed by atoms with E-state index in [1.807, 2.05) is 12.2 Å². The average molecular weight is 404 g/mol. The van der Waals surface area contributed by atoms with E-state index >= 15 is 0 Å². The van der Waals surface area contributed by atoms with Crippen LogP contribution in [0.2, 0.25) is 0 Å². The highest BCUT2D eigenvalue weighted by atomic mass is 16.4. The Balaban J connectivity index is 4.90. The van der Waals surface area contributed by atoms with Crippen LogP contribution < -0.4 is 21.7 Å². The maximum Gasteiger partial charge on any atom is 0.328 e. The molecule has 0 aliphatic heterocycles. The van der Waals surface area contributed by atoms with Crippen LogP contribution in [0.5, 0.6) is 0 Å². The van der Waals surface area contributed by atoms with E-state index in [1.165, 1.54) is 0 Å². The van der Waals surface area contributed by atoms with Gasteiger partial charge in [-0.3, -0.25) is 19.2 Å². The Hall–Kier alpha value is -2.73. The molecule has 8 N–H and O–H groups in total. The summed E-state index contributed by atoms with van der Waals surface area (Å²) in [5.74, 6) is -5.61. The third-order valence-corrected chi connectivity index (χ3v) is 4.06. The first kappa shape index (κ1) is 25.3. The lowest BCUT2D eigenvalue weighted by molar-refractivity contribution is -0.145. The highest BCUT2D eigenvalue weighted by molar-refractivity contribution is 5.94. The number of hydrogen-bond donors (Lipinski definition) is 7. The molecule has 0 saturated heterocycles. The SMILES string of the molecule is CCC(C)C(N)C(=O)NC(CC(=O)O)C(=O)NCC(=O)NC(C(=O)O)C(C)O. The van der Waals surface area contributed by atoms with Crippen molar-refractivity contribution in [3.63, 3.8) is 0 Å². The van der Waals surface area contributed by atoms with Gasteiger partial charge in [0.25, 0.3) is 0 Å². The van der Waals surface area contributed by atoms with Crippen molar-refractivity contribution in [2.24, 2.45) is 11.7 Å². The molecule has 0 aromatic carbocycles. The number of carboxylic acids is 2. The average Bonchev–Trinajstić information content (AvgIpc) is 2.60. The molecular weight excluding hydrogens is 376 g/mol. The van der Waals surface area contributed by atoms with Crippen LogP contribution in [0, 0.1) is 5.92 Å². The number of aliphatic hydroxyl groups is 1. The van der Waals surface area contributed by atoms with E-state index in [1.54, 1.807) is 6.92 Å². The lowest BCUT2D eigenvalue weighted by Gasteiger charge is -2.22. The van der Waals surface area contributed by atoms with Gasteiger partial charge in [0.1, 0.15) is 6.04 Å². The van der Waals surface area contributed by atoms with Crippen molar-refractivity contribution in [1.29, 1.82) is 0 Å². The van der Waals surface area contributed by atoms with Gasteiger partial charge in [-0.15, -0.1) is 0 Å². The number of carbonyl (C=O) groups is 5. The summed E-state index contributed by atoms with van der Waals surface area (Å²) in [7, 11) is 0. The fraction of sp³-hybridized carbons (Fsp3) is 0.688. The second-order valence-corrected chi connectivity index (χ2v) is 6.41. The van der Waals surface area contributed by atoms with Gasteiger partial charge in [0.15, 0.2) is 6.04 Å². The fourth-order valence-electron chi connectivity index (χ4n) is 2.07. The Morgan fingerprint density at radius 1 is 1.00 bits per heavy atom. The third kappa shape index (κ3) is 8.77. The van der Waals surface area contributed by atoms with E-state index in [9.17, 15) is 29.1 Å². The van der Waals surface area contributed by atoms with Crippen molar-refractivity contribution in [3.05, 3.63) is 0 Å². The van der Waals surface area contributed by atoms with Gasteiger partial charge in [0.05, 0.1) is 25.1 Å². The summed E-state index contributed by atoms with van der Waals surface area (Å²) in [5, 5.41) is 33.5. The van der Waals surface area contributed by atoms with Crippen LogP contribution >= 0.6 is 0 Å². The molecule has 0 rings (SSSR count). The Morgan fingerprint density at radius 3 is 2.00 bits per heavy atom. The van der Waals surface area contributed by atoms with Crippen LogP contribution in [0.1, 0.15) is 33.6 Å². The molecule has 12 nitrogen and oxygen atoms in total. The number of nitrogens with one attached hydrogen (secondary N) is 3. The standard InChI is InChI=1S/C16H28N4O8/c1-4-7(2)12(17)15(26)19-9(5-11(23)24)14(25)18-6-10(22)20-13(8(3)21)16(27)28/h7-9,12-13,21H,4-6,17H2,1-3H3,(H,18,25)(H,19,26)(H,20,22)(H,23,24)(H,27,28). The monoisotopic (exact) mass is 404 g/mol. The van der Waals surface area contributed by atoms with E-state index in [0.29, 0.717) is 6.42 Å². The van der Waals surface area contributed by atoms with Crippen LogP contribution in [0.15, 0.2) is 0 Å². The summed E-state index contributed by atoms with van der Waals surface area (Å²) >= 11 is 0. The van der Waals surface area contributed by atoms with Crippen molar-refractivity contribution in [3.8, 4) is 0 Å². The van der Waals surface area contributed by atoms with E-state index in [2.05, 4.69) is 10.6 Å². The van der Waals surface area contributed by atoms with E-state index < -0.39 is 66.9 Å². The van der Waals surface area contributed by atoms with Gasteiger partial charge in [-0.1, -0.05) is 20.3 Å². The molecule has 5 atom stereocenters. The Labute approximate surface area is 161 Å². The molecule has 5 unspecified atom stereocenters. The summed E-state index contributed by atoms with van der Waals surface area (Å²) < 4.78 is 0. The highest BCUT2D eigenvalue weighted by Gasteiger charge is 2.29. The minimum atomic E-state index is -1.58. The number of nitrogens with two attached hydrogens (primary N) is 1. The zero-order valence-electron chi connectivity index (χ0n) is 16.0. The zero-order valence-corrected chi connectivity index (χ0v) is 16.0. The predicted molar refractivity (Wildman–Crippen MR) is 95.9 cm³/mol. The molecule has 0 radical (unpaired) electrons. The molecule has 0 aromatic rings. The highest BCUT2D eigenvalue weighted by Crippen LogP contribution is 2.06. The first-order chi connectivity index (χ1) is 12.9. The summed E-state index contributed by atoms with van der Waals surface area (Å²) in [5.41, 5.74) is 5.75. The van der Waals surface area contributed by atoms with Crippen molar-refractivity contribution < 1.29 is 39.3 Å². The Morgan fingerprint density at radius 2 is 1.57 bits per heavy atom. The lowest BCUT2D eigenvalue weighted by atomic mass is 9.99. The number of rotatable bonds is 12. The van der Waals surface area contributed by atoms with Gasteiger partial charge in [-0.25, -0.2) is 4.79 Å². The molecule has 0 heterocycles. The van der Waals surface area contributed by atoms with E-state index in [-0.39, 0.29) is 5.92 Å². The van der Waals surface area contributed by atoms with Crippen molar-refractivity contribution in [2.45, 2.75) is 57.8 Å². The Kier molecular flexibility index (Phi) is 10.7. The van der Waals surface area contributed by atoms with Crippen LogP contribution in [0.3, 0.4) is 0 Å². The minimum Gasteiger partial charge on any atom is -0.481 e. The Bertz CT molecular complexity index is 595. The molecular formula is C16H28N4O8. The van der Waals surface area contributed by atoms with Crippen molar-refractivity contribution >= 4 is 29.7 Å². The van der Waals surface area contributed by atoms with Crippen LogP contribution in [-0.4, -0.2) is 75.8 Å². The van der Waals surface area contributed by atoms with Gasteiger partial charge < -0.3 is 37.0 Å². The molecule has 0 aromatic heterocycles. The number of aliphatic carboxylic acids is 2. The first-order valence-corrected chi connectivity index (χ1v) is 8.66. The van der Waals surface area contributed by atoms with Crippen LogP contribution in [-0.2, 0) is 24.0 Å². The molecule has 0 bridgehead atoms. The van der Waals surface area contributed by atoms with E-state index in [4.69, 9.17) is 15.9 Å². The second-order valence-electron chi connectivity index (χ2n) is 6.41. The molecule has 0 spiro atoms. The number of aliphatic hydroxyl groups excluding tert-OH is 1. The van der Waals surface area contributed by atoms with Crippen LogP contribution in [0.25, 0.3) is 0 Å². The van der Waals surface area contributed by atoms with Crippen LogP contribution in [0.4, 0.5) is 0 Å². The summed E-state index contributed by atoms with van der Waals surface area (Å²) in [6.45, 7) is 4.02. The quantitative estimate of drug-likeness (QED) is 0.181.